The summed E-state index contributed by atoms with van der Waals surface area (Å²) in [5.74, 6) is -1.43. The second-order valence-electron chi connectivity index (χ2n) is 6.18. The Bertz CT molecular complexity index is 871. The predicted molar refractivity (Wildman–Crippen MR) is 104 cm³/mol. The van der Waals surface area contributed by atoms with Gasteiger partial charge in [0, 0.05) is 5.02 Å². The van der Waals surface area contributed by atoms with Crippen LogP contribution in [0.5, 0.6) is 0 Å². The number of esters is 1. The largest absolute Gasteiger partial charge is 0.467 e. The lowest BCUT2D eigenvalue weighted by Gasteiger charge is -2.34. The first kappa shape index (κ1) is 19.1. The summed E-state index contributed by atoms with van der Waals surface area (Å²) in [5, 5.41) is 0.611. The fourth-order valence-electron chi connectivity index (χ4n) is 3.01. The Hall–Kier alpha value is -2.69. The lowest BCUT2D eigenvalue weighted by Crippen LogP contribution is -2.48. The molecule has 5 heteroatoms. The Balaban J connectivity index is 1.90. The van der Waals surface area contributed by atoms with Gasteiger partial charge in [-0.15, -0.1) is 0 Å². The zero-order valence-electron chi connectivity index (χ0n) is 14.8. The van der Waals surface area contributed by atoms with Crippen molar-refractivity contribution in [3.63, 3.8) is 0 Å². The van der Waals surface area contributed by atoms with E-state index in [1.54, 1.807) is 42.5 Å². The highest BCUT2D eigenvalue weighted by atomic mass is 35.5. The molecule has 27 heavy (non-hydrogen) atoms. The van der Waals surface area contributed by atoms with Crippen LogP contribution in [0.2, 0.25) is 5.02 Å². The van der Waals surface area contributed by atoms with Crippen molar-refractivity contribution in [3.05, 3.63) is 89.0 Å². The molecule has 0 radical (unpaired) electrons. The predicted octanol–water partition coefficient (Wildman–Crippen LogP) is 4.24. The minimum atomic E-state index is -1.51. The third-order valence-electron chi connectivity index (χ3n) is 4.51. The normalized spacial score (nSPS) is 21.4. The van der Waals surface area contributed by atoms with Gasteiger partial charge < -0.3 is 14.3 Å². The van der Waals surface area contributed by atoms with E-state index in [4.69, 9.17) is 21.1 Å². The topological polar surface area (TPSA) is 52.6 Å². The van der Waals surface area contributed by atoms with Crippen molar-refractivity contribution in [2.45, 2.75) is 12.2 Å². The molecule has 0 N–H and O–H groups in total. The third kappa shape index (κ3) is 4.02. The van der Waals surface area contributed by atoms with Gasteiger partial charge in [0.25, 0.3) is 0 Å². The molecule has 2 aromatic carbocycles. The van der Waals surface area contributed by atoms with Crippen molar-refractivity contribution >= 4 is 29.4 Å². The van der Waals surface area contributed by atoms with Gasteiger partial charge >= 0.3 is 5.97 Å². The molecular formula is C22H19ClO4. The Morgan fingerprint density at radius 3 is 2.48 bits per heavy atom. The Morgan fingerprint density at radius 1 is 1.15 bits per heavy atom. The molecule has 138 valence electrons. The van der Waals surface area contributed by atoms with Crippen LogP contribution in [0.1, 0.15) is 11.1 Å². The van der Waals surface area contributed by atoms with Gasteiger partial charge in [-0.1, -0.05) is 66.2 Å². The molecule has 2 atom stereocenters. The average molecular weight is 383 g/mol. The summed E-state index contributed by atoms with van der Waals surface area (Å²) in [6.07, 6.45) is 5.84. The van der Waals surface area contributed by atoms with Crippen LogP contribution >= 0.6 is 11.6 Å². The molecule has 0 spiro atoms. The lowest BCUT2D eigenvalue weighted by atomic mass is 9.80. The standard InChI is InChI=1S/C22H19ClO4/c1-26-21(25)22(27-15-16-7-9-20(23)10-8-16)12-11-18(13-19(22)14-24)17-5-3-2-4-6-17/h2-14,19H,15H2,1H3. The van der Waals surface area contributed by atoms with Crippen LogP contribution in [0.4, 0.5) is 0 Å². The van der Waals surface area contributed by atoms with E-state index in [1.165, 1.54) is 7.11 Å². The van der Waals surface area contributed by atoms with Crippen LogP contribution in [0, 0.1) is 5.92 Å². The van der Waals surface area contributed by atoms with Crippen molar-refractivity contribution < 1.29 is 19.1 Å². The number of aldehydes is 1. The van der Waals surface area contributed by atoms with E-state index in [0.29, 0.717) is 11.3 Å². The Morgan fingerprint density at radius 2 is 1.85 bits per heavy atom. The Labute approximate surface area is 163 Å². The molecule has 0 saturated heterocycles. The third-order valence-corrected chi connectivity index (χ3v) is 4.77. The van der Waals surface area contributed by atoms with Crippen LogP contribution in [-0.2, 0) is 25.7 Å². The van der Waals surface area contributed by atoms with E-state index < -0.39 is 17.5 Å². The maximum absolute atomic E-state index is 12.6. The molecule has 1 aliphatic rings. The number of benzene rings is 2. The van der Waals surface area contributed by atoms with Crippen LogP contribution in [-0.4, -0.2) is 25.0 Å². The number of carbonyl (C=O) groups is 2. The van der Waals surface area contributed by atoms with E-state index in [0.717, 1.165) is 16.7 Å². The summed E-state index contributed by atoms with van der Waals surface area (Å²) in [6.45, 7) is 0.134. The molecule has 0 fully saturated rings. The summed E-state index contributed by atoms with van der Waals surface area (Å²) in [6, 6.07) is 16.7. The zero-order chi connectivity index (χ0) is 19.3. The van der Waals surface area contributed by atoms with Gasteiger partial charge in [0.2, 0.25) is 0 Å². The van der Waals surface area contributed by atoms with Gasteiger partial charge in [-0.25, -0.2) is 4.79 Å². The first-order valence-corrected chi connectivity index (χ1v) is 8.85. The molecule has 0 aliphatic heterocycles. The number of halogens is 1. The summed E-state index contributed by atoms with van der Waals surface area (Å²) in [4.78, 5) is 24.4. The van der Waals surface area contributed by atoms with E-state index >= 15 is 0 Å². The van der Waals surface area contributed by atoms with E-state index in [1.807, 2.05) is 30.3 Å². The van der Waals surface area contributed by atoms with Crippen LogP contribution in [0.25, 0.3) is 5.57 Å². The van der Waals surface area contributed by atoms with Gasteiger partial charge in [0.05, 0.1) is 19.6 Å². The van der Waals surface area contributed by atoms with Gasteiger partial charge in [0.15, 0.2) is 5.60 Å². The monoisotopic (exact) mass is 382 g/mol. The molecule has 3 rings (SSSR count). The average Bonchev–Trinajstić information content (AvgIpc) is 2.73. The number of allylic oxidation sites excluding steroid dienone is 2. The van der Waals surface area contributed by atoms with Gasteiger partial charge in [-0.2, -0.15) is 0 Å². The van der Waals surface area contributed by atoms with Crippen molar-refractivity contribution in [2.75, 3.05) is 7.11 Å². The number of methoxy groups -OCH3 is 1. The van der Waals surface area contributed by atoms with Crippen molar-refractivity contribution in [3.8, 4) is 0 Å². The fraction of sp³-hybridized carbons (Fsp3) is 0.182. The molecule has 0 bridgehead atoms. The molecule has 2 aromatic rings. The quantitative estimate of drug-likeness (QED) is 0.554. The van der Waals surface area contributed by atoms with Crippen molar-refractivity contribution in [1.29, 1.82) is 0 Å². The van der Waals surface area contributed by atoms with Gasteiger partial charge in [0.1, 0.15) is 6.29 Å². The molecule has 4 nitrogen and oxygen atoms in total. The molecular weight excluding hydrogens is 364 g/mol. The maximum Gasteiger partial charge on any atom is 0.343 e. The molecule has 0 amide bonds. The first-order valence-electron chi connectivity index (χ1n) is 8.47. The highest BCUT2D eigenvalue weighted by Crippen LogP contribution is 2.35. The second kappa shape index (κ2) is 8.33. The molecule has 0 saturated carbocycles. The van der Waals surface area contributed by atoms with Crippen LogP contribution in [0.3, 0.4) is 0 Å². The smallest absolute Gasteiger partial charge is 0.343 e. The fourth-order valence-corrected chi connectivity index (χ4v) is 3.14. The molecule has 0 heterocycles. The van der Waals surface area contributed by atoms with Gasteiger partial charge in [-0.05, 0) is 34.9 Å². The minimum absolute atomic E-state index is 0.134. The first-order chi connectivity index (χ1) is 13.1. The number of rotatable bonds is 6. The summed E-state index contributed by atoms with van der Waals surface area (Å²) in [7, 11) is 1.28. The SMILES string of the molecule is COC(=O)C1(OCc2ccc(Cl)cc2)C=CC(c2ccccc2)=CC1C=O. The number of carbonyl (C=O) groups excluding carboxylic acids is 2. The lowest BCUT2D eigenvalue weighted by molar-refractivity contribution is -0.170. The summed E-state index contributed by atoms with van der Waals surface area (Å²) < 4.78 is 10.9. The zero-order valence-corrected chi connectivity index (χ0v) is 15.6. The van der Waals surface area contributed by atoms with Crippen molar-refractivity contribution in [1.82, 2.24) is 0 Å². The van der Waals surface area contributed by atoms with Crippen LogP contribution < -0.4 is 0 Å². The second-order valence-corrected chi connectivity index (χ2v) is 6.62. The molecule has 0 aromatic heterocycles. The minimum Gasteiger partial charge on any atom is -0.467 e. The summed E-state index contributed by atoms with van der Waals surface area (Å²) in [5.41, 5.74) is 1.13. The number of hydrogen-bond acceptors (Lipinski definition) is 4. The Kier molecular flexibility index (Phi) is 5.89. The van der Waals surface area contributed by atoms with E-state index in [9.17, 15) is 9.59 Å². The van der Waals surface area contributed by atoms with E-state index in [2.05, 4.69) is 0 Å². The molecule has 2 unspecified atom stereocenters. The molecule has 1 aliphatic carbocycles. The maximum atomic E-state index is 12.6. The van der Waals surface area contributed by atoms with E-state index in [-0.39, 0.29) is 6.61 Å². The highest BCUT2D eigenvalue weighted by Gasteiger charge is 2.47. The van der Waals surface area contributed by atoms with Crippen LogP contribution in [0.15, 0.2) is 72.8 Å². The highest BCUT2D eigenvalue weighted by molar-refractivity contribution is 6.30. The van der Waals surface area contributed by atoms with Crippen molar-refractivity contribution in [2.24, 2.45) is 5.92 Å². The number of hydrogen-bond donors (Lipinski definition) is 0. The summed E-state index contributed by atoms with van der Waals surface area (Å²) >= 11 is 5.90. The number of ether oxygens (including phenoxy) is 2. The van der Waals surface area contributed by atoms with Gasteiger partial charge in [-0.3, -0.25) is 0 Å².